The van der Waals surface area contributed by atoms with E-state index in [1.807, 2.05) is 40.1 Å². The molecular formula is C9H18N2. The van der Waals surface area contributed by atoms with Crippen LogP contribution in [-0.4, -0.2) is 9.78 Å². The Morgan fingerprint density at radius 1 is 1.45 bits per heavy atom. The summed E-state index contributed by atoms with van der Waals surface area (Å²) in [4.78, 5) is 0. The van der Waals surface area contributed by atoms with Gasteiger partial charge in [0.2, 0.25) is 0 Å². The van der Waals surface area contributed by atoms with Crippen LogP contribution in [0.25, 0.3) is 0 Å². The van der Waals surface area contributed by atoms with Gasteiger partial charge in [0.1, 0.15) is 0 Å². The van der Waals surface area contributed by atoms with Gasteiger partial charge in [0, 0.05) is 19.4 Å². The fourth-order valence-electron chi connectivity index (χ4n) is 0.345. The molecule has 0 bridgehead atoms. The zero-order chi connectivity index (χ0) is 9.11. The van der Waals surface area contributed by atoms with E-state index in [1.54, 1.807) is 17.0 Å². The van der Waals surface area contributed by atoms with Gasteiger partial charge in [0.25, 0.3) is 0 Å². The molecule has 1 rings (SSSR count). The van der Waals surface area contributed by atoms with E-state index in [2.05, 4.69) is 11.7 Å². The molecular weight excluding hydrogens is 136 g/mol. The first-order chi connectivity index (χ1) is 5.31. The first kappa shape index (κ1) is 12.6. The van der Waals surface area contributed by atoms with E-state index in [1.165, 1.54) is 0 Å². The minimum absolute atomic E-state index is 1.75. The summed E-state index contributed by atoms with van der Waals surface area (Å²) in [6.07, 6.45) is 5.39. The molecule has 1 aromatic heterocycles. The Morgan fingerprint density at radius 3 is 2.00 bits per heavy atom. The number of allylic oxidation sites excluding steroid dienone is 1. The smallest absolute Gasteiger partial charge is 0.0489 e. The van der Waals surface area contributed by atoms with Crippen LogP contribution in [0.15, 0.2) is 31.1 Å². The third-order valence-electron chi connectivity index (χ3n) is 0.637. The normalized spacial score (nSPS) is 6.55. The summed E-state index contributed by atoms with van der Waals surface area (Å²) < 4.78 is 1.75. The van der Waals surface area contributed by atoms with Crippen LogP contribution in [0.5, 0.6) is 0 Å². The van der Waals surface area contributed by atoms with Gasteiger partial charge >= 0.3 is 0 Å². The van der Waals surface area contributed by atoms with Crippen molar-refractivity contribution < 1.29 is 0 Å². The van der Waals surface area contributed by atoms with Crippen LogP contribution in [0.1, 0.15) is 20.8 Å². The maximum absolute atomic E-state index is 3.83. The number of hydrogen-bond donors (Lipinski definition) is 0. The second kappa shape index (κ2) is 11.7. The SMILES string of the molecule is C=CC.CC.Cn1cccn1. The highest BCUT2D eigenvalue weighted by Crippen LogP contribution is 1.73. The Bertz CT molecular complexity index is 143. The van der Waals surface area contributed by atoms with Gasteiger partial charge in [0.05, 0.1) is 0 Å². The summed E-state index contributed by atoms with van der Waals surface area (Å²) in [6.45, 7) is 9.25. The summed E-state index contributed by atoms with van der Waals surface area (Å²) in [5.74, 6) is 0. The number of aryl methyl sites for hydroxylation is 1. The first-order valence-corrected chi connectivity index (χ1v) is 3.82. The van der Waals surface area contributed by atoms with Gasteiger partial charge < -0.3 is 0 Å². The molecule has 0 aliphatic heterocycles. The highest BCUT2D eigenvalue weighted by molar-refractivity contribution is 4.75. The van der Waals surface area contributed by atoms with Gasteiger partial charge in [-0.25, -0.2) is 0 Å². The van der Waals surface area contributed by atoms with Crippen molar-refractivity contribution in [3.63, 3.8) is 0 Å². The van der Waals surface area contributed by atoms with Crippen LogP contribution in [0.4, 0.5) is 0 Å². The van der Waals surface area contributed by atoms with Crippen LogP contribution in [0.3, 0.4) is 0 Å². The lowest BCUT2D eigenvalue weighted by Gasteiger charge is -1.77. The highest BCUT2D eigenvalue weighted by Gasteiger charge is 1.69. The molecule has 0 aliphatic carbocycles. The molecule has 0 amide bonds. The molecule has 2 heteroatoms. The predicted octanol–water partition coefficient (Wildman–Crippen LogP) is 2.64. The molecule has 0 fully saturated rings. The van der Waals surface area contributed by atoms with E-state index >= 15 is 0 Å². The maximum Gasteiger partial charge on any atom is 0.0489 e. The largest absolute Gasteiger partial charge is 0.276 e. The molecule has 2 nitrogen and oxygen atoms in total. The predicted molar refractivity (Wildman–Crippen MR) is 50.4 cm³/mol. The molecule has 1 heterocycles. The van der Waals surface area contributed by atoms with Crippen LogP contribution in [0, 0.1) is 0 Å². The molecule has 0 aromatic carbocycles. The average Bonchev–Trinajstić information content (AvgIpc) is 2.46. The van der Waals surface area contributed by atoms with Crippen molar-refractivity contribution in [1.82, 2.24) is 9.78 Å². The Morgan fingerprint density at radius 2 is 1.91 bits per heavy atom. The summed E-state index contributed by atoms with van der Waals surface area (Å²) >= 11 is 0. The monoisotopic (exact) mass is 154 g/mol. The Balaban J connectivity index is 0. The van der Waals surface area contributed by atoms with Crippen LogP contribution in [0.2, 0.25) is 0 Å². The van der Waals surface area contributed by atoms with Gasteiger partial charge in [-0.05, 0) is 13.0 Å². The molecule has 64 valence electrons. The number of rotatable bonds is 0. The minimum atomic E-state index is 1.75. The molecule has 11 heavy (non-hydrogen) atoms. The van der Waals surface area contributed by atoms with Crippen molar-refractivity contribution in [2.75, 3.05) is 0 Å². The van der Waals surface area contributed by atoms with Gasteiger partial charge in [-0.1, -0.05) is 19.9 Å². The maximum atomic E-state index is 3.83. The zero-order valence-electron chi connectivity index (χ0n) is 7.91. The van der Waals surface area contributed by atoms with Crippen molar-refractivity contribution in [1.29, 1.82) is 0 Å². The molecule has 0 unspecified atom stereocenters. The van der Waals surface area contributed by atoms with E-state index < -0.39 is 0 Å². The Labute approximate surface area is 69.6 Å². The molecule has 0 atom stereocenters. The Hall–Kier alpha value is -1.05. The minimum Gasteiger partial charge on any atom is -0.276 e. The van der Waals surface area contributed by atoms with Crippen molar-refractivity contribution in [3.05, 3.63) is 31.1 Å². The van der Waals surface area contributed by atoms with Crippen molar-refractivity contribution in [2.45, 2.75) is 20.8 Å². The lowest BCUT2D eigenvalue weighted by molar-refractivity contribution is 0.768. The van der Waals surface area contributed by atoms with Crippen molar-refractivity contribution in [2.24, 2.45) is 7.05 Å². The lowest BCUT2D eigenvalue weighted by atomic mass is 10.8. The third kappa shape index (κ3) is 12.2. The average molecular weight is 154 g/mol. The van der Waals surface area contributed by atoms with E-state index in [4.69, 9.17) is 0 Å². The molecule has 1 aromatic rings. The number of hydrogen-bond acceptors (Lipinski definition) is 1. The highest BCUT2D eigenvalue weighted by atomic mass is 15.2. The number of aromatic nitrogens is 2. The van der Waals surface area contributed by atoms with Crippen LogP contribution >= 0.6 is 0 Å². The van der Waals surface area contributed by atoms with Gasteiger partial charge in [0.15, 0.2) is 0 Å². The Kier molecular flexibility index (Phi) is 13.4. The van der Waals surface area contributed by atoms with E-state index in [0.29, 0.717) is 0 Å². The first-order valence-electron chi connectivity index (χ1n) is 3.82. The number of nitrogens with zero attached hydrogens (tertiary/aromatic N) is 2. The van der Waals surface area contributed by atoms with Crippen molar-refractivity contribution in [3.8, 4) is 0 Å². The van der Waals surface area contributed by atoms with Gasteiger partial charge in [-0.3, -0.25) is 4.68 Å². The molecule has 0 spiro atoms. The molecule has 0 saturated heterocycles. The standard InChI is InChI=1S/C4H6N2.C3H6.C2H6/c1-6-4-2-3-5-6;1-3-2;1-2/h2-4H,1H3;3H,1H2,2H3;1-2H3. The third-order valence-corrected chi connectivity index (χ3v) is 0.637. The fraction of sp³-hybridized carbons (Fsp3) is 0.444. The summed E-state index contributed by atoms with van der Waals surface area (Å²) in [7, 11) is 1.89. The zero-order valence-corrected chi connectivity index (χ0v) is 7.91. The van der Waals surface area contributed by atoms with Crippen LogP contribution in [-0.2, 0) is 7.05 Å². The van der Waals surface area contributed by atoms with E-state index in [-0.39, 0.29) is 0 Å². The van der Waals surface area contributed by atoms with Gasteiger partial charge in [-0.15, -0.1) is 6.58 Å². The summed E-state index contributed by atoms with van der Waals surface area (Å²) in [5, 5.41) is 3.83. The fourth-order valence-corrected chi connectivity index (χ4v) is 0.345. The molecule has 0 saturated carbocycles. The molecule has 0 N–H and O–H groups in total. The molecule has 0 radical (unpaired) electrons. The van der Waals surface area contributed by atoms with E-state index in [0.717, 1.165) is 0 Å². The van der Waals surface area contributed by atoms with E-state index in [9.17, 15) is 0 Å². The second-order valence-corrected chi connectivity index (χ2v) is 1.59. The quantitative estimate of drug-likeness (QED) is 0.525. The summed E-state index contributed by atoms with van der Waals surface area (Å²) in [5.41, 5.74) is 0. The van der Waals surface area contributed by atoms with Crippen LogP contribution < -0.4 is 0 Å². The topological polar surface area (TPSA) is 17.8 Å². The van der Waals surface area contributed by atoms with Crippen molar-refractivity contribution >= 4 is 0 Å². The molecule has 0 aliphatic rings. The summed E-state index contributed by atoms with van der Waals surface area (Å²) in [6, 6.07) is 1.89. The van der Waals surface area contributed by atoms with Gasteiger partial charge in [-0.2, -0.15) is 5.10 Å². The lowest BCUT2D eigenvalue weighted by Crippen LogP contribution is -1.83. The second-order valence-electron chi connectivity index (χ2n) is 1.59.